The largest absolute Gasteiger partial charge is 0.460 e. The van der Waals surface area contributed by atoms with Gasteiger partial charge in [-0.25, -0.2) is 4.79 Å². The third-order valence-corrected chi connectivity index (χ3v) is 2.75. The third-order valence-electron chi connectivity index (χ3n) is 2.75. The highest BCUT2D eigenvalue weighted by Gasteiger charge is 2.26. The molecule has 0 N–H and O–H groups in total. The normalized spacial score (nSPS) is 16.1. The smallest absolute Gasteiger partial charge is 0.379 e. The molecule has 1 aliphatic rings. The molecule has 0 aliphatic carbocycles. The fourth-order valence-electron chi connectivity index (χ4n) is 1.88. The van der Waals surface area contributed by atoms with Crippen LogP contribution in [0.3, 0.4) is 0 Å². The summed E-state index contributed by atoms with van der Waals surface area (Å²) < 4.78 is 15.7. The van der Waals surface area contributed by atoms with Gasteiger partial charge in [0.2, 0.25) is 0 Å². The minimum atomic E-state index is -0.856. The van der Waals surface area contributed by atoms with Crippen molar-refractivity contribution in [3.8, 4) is 0 Å². The fraction of sp³-hybridized carbons (Fsp3) is 0.429. The lowest BCUT2D eigenvalue weighted by atomic mass is 10.0. The molecule has 1 aromatic carbocycles. The van der Waals surface area contributed by atoms with Crippen molar-refractivity contribution in [2.24, 2.45) is 0 Å². The molecule has 19 heavy (non-hydrogen) atoms. The Kier molecular flexibility index (Phi) is 4.65. The Morgan fingerprint density at radius 2 is 1.95 bits per heavy atom. The van der Waals surface area contributed by atoms with Crippen LogP contribution in [0.15, 0.2) is 24.3 Å². The van der Waals surface area contributed by atoms with E-state index in [1.165, 1.54) is 0 Å². The van der Waals surface area contributed by atoms with Crippen molar-refractivity contribution in [1.82, 2.24) is 0 Å². The summed E-state index contributed by atoms with van der Waals surface area (Å²) >= 11 is 0. The van der Waals surface area contributed by atoms with Crippen LogP contribution in [0.1, 0.15) is 35.6 Å². The first-order valence-corrected chi connectivity index (χ1v) is 6.27. The number of hydrogen-bond donors (Lipinski definition) is 0. The molecule has 0 aromatic heterocycles. The molecular formula is C14H16O5. The van der Waals surface area contributed by atoms with Gasteiger partial charge in [-0.1, -0.05) is 24.3 Å². The highest BCUT2D eigenvalue weighted by molar-refractivity contribution is 6.41. The summed E-state index contributed by atoms with van der Waals surface area (Å²) in [4.78, 5) is 23.5. The summed E-state index contributed by atoms with van der Waals surface area (Å²) in [6.07, 6.45) is 0.230. The number of Topliss-reactive ketones (excluding diaryl/α,β-unsaturated/α-hetero) is 1. The van der Waals surface area contributed by atoms with E-state index in [9.17, 15) is 9.59 Å². The SMILES string of the molecule is CCOC(=O)C(=O)c1ccccc1C1OCCCO1. The molecule has 0 amide bonds. The number of ketones is 1. The average molecular weight is 264 g/mol. The van der Waals surface area contributed by atoms with E-state index in [-0.39, 0.29) is 12.2 Å². The second-order valence-electron chi connectivity index (χ2n) is 4.06. The first kappa shape index (κ1) is 13.7. The zero-order valence-electron chi connectivity index (χ0n) is 10.8. The van der Waals surface area contributed by atoms with E-state index in [0.29, 0.717) is 18.8 Å². The maximum Gasteiger partial charge on any atom is 0.379 e. The molecule has 1 aliphatic heterocycles. The van der Waals surface area contributed by atoms with Crippen LogP contribution in [-0.2, 0) is 19.0 Å². The molecule has 0 saturated carbocycles. The van der Waals surface area contributed by atoms with E-state index in [0.717, 1.165) is 6.42 Å². The minimum absolute atomic E-state index is 0.170. The Bertz CT molecular complexity index is 463. The first-order chi connectivity index (χ1) is 9.24. The summed E-state index contributed by atoms with van der Waals surface area (Å²) in [5.41, 5.74) is 0.841. The van der Waals surface area contributed by atoms with E-state index < -0.39 is 18.0 Å². The molecule has 1 fully saturated rings. The van der Waals surface area contributed by atoms with Crippen LogP contribution in [0, 0.1) is 0 Å². The Morgan fingerprint density at radius 1 is 1.26 bits per heavy atom. The van der Waals surface area contributed by atoms with E-state index in [2.05, 4.69) is 0 Å². The summed E-state index contributed by atoms with van der Waals surface area (Å²) in [5, 5.41) is 0. The zero-order valence-corrected chi connectivity index (χ0v) is 10.8. The van der Waals surface area contributed by atoms with Gasteiger partial charge in [0.1, 0.15) is 0 Å². The molecule has 102 valence electrons. The van der Waals surface area contributed by atoms with Crippen molar-refractivity contribution < 1.29 is 23.8 Å². The molecule has 0 unspecified atom stereocenters. The van der Waals surface area contributed by atoms with E-state index in [4.69, 9.17) is 14.2 Å². The topological polar surface area (TPSA) is 61.8 Å². The van der Waals surface area contributed by atoms with Crippen molar-refractivity contribution >= 4 is 11.8 Å². The molecule has 0 atom stereocenters. The van der Waals surface area contributed by atoms with E-state index in [1.807, 2.05) is 0 Å². The summed E-state index contributed by atoms with van der Waals surface area (Å²) in [7, 11) is 0. The van der Waals surface area contributed by atoms with Gasteiger partial charge < -0.3 is 14.2 Å². The van der Waals surface area contributed by atoms with Crippen molar-refractivity contribution in [2.75, 3.05) is 19.8 Å². The Morgan fingerprint density at radius 3 is 2.63 bits per heavy atom. The Hall–Kier alpha value is -1.72. The van der Waals surface area contributed by atoms with Crippen LogP contribution in [0.5, 0.6) is 0 Å². The van der Waals surface area contributed by atoms with Crippen LogP contribution < -0.4 is 0 Å². The van der Waals surface area contributed by atoms with Crippen molar-refractivity contribution in [2.45, 2.75) is 19.6 Å². The van der Waals surface area contributed by atoms with Crippen LogP contribution >= 0.6 is 0 Å². The first-order valence-electron chi connectivity index (χ1n) is 6.27. The average Bonchev–Trinajstić information content (AvgIpc) is 2.47. The molecule has 1 saturated heterocycles. The minimum Gasteiger partial charge on any atom is -0.460 e. The lowest BCUT2D eigenvalue weighted by Crippen LogP contribution is -2.23. The van der Waals surface area contributed by atoms with Gasteiger partial charge in [-0.3, -0.25) is 4.79 Å². The van der Waals surface area contributed by atoms with Gasteiger partial charge in [0, 0.05) is 11.1 Å². The Balaban J connectivity index is 2.24. The molecule has 5 heteroatoms. The second-order valence-corrected chi connectivity index (χ2v) is 4.06. The number of carbonyl (C=O) groups excluding carboxylic acids is 2. The molecule has 0 bridgehead atoms. The van der Waals surface area contributed by atoms with Gasteiger partial charge in [0.25, 0.3) is 5.78 Å². The number of hydrogen-bond acceptors (Lipinski definition) is 5. The second kappa shape index (κ2) is 6.45. The maximum atomic E-state index is 12.0. The van der Waals surface area contributed by atoms with Gasteiger partial charge in [-0.15, -0.1) is 0 Å². The lowest BCUT2D eigenvalue weighted by Gasteiger charge is -2.24. The van der Waals surface area contributed by atoms with Gasteiger partial charge in [-0.05, 0) is 13.3 Å². The molecule has 0 radical (unpaired) electrons. The number of carbonyl (C=O) groups is 2. The van der Waals surface area contributed by atoms with E-state index in [1.54, 1.807) is 31.2 Å². The van der Waals surface area contributed by atoms with Crippen LogP contribution in [0.2, 0.25) is 0 Å². The highest BCUT2D eigenvalue weighted by atomic mass is 16.7. The van der Waals surface area contributed by atoms with Gasteiger partial charge in [0.05, 0.1) is 19.8 Å². The van der Waals surface area contributed by atoms with Gasteiger partial charge in [-0.2, -0.15) is 0 Å². The highest BCUT2D eigenvalue weighted by Crippen LogP contribution is 2.26. The van der Waals surface area contributed by atoms with Crippen molar-refractivity contribution in [1.29, 1.82) is 0 Å². The maximum absolute atomic E-state index is 12.0. The molecule has 1 heterocycles. The third kappa shape index (κ3) is 3.19. The lowest BCUT2D eigenvalue weighted by molar-refractivity contribution is -0.183. The fourth-order valence-corrected chi connectivity index (χ4v) is 1.88. The molecular weight excluding hydrogens is 248 g/mol. The van der Waals surface area contributed by atoms with Gasteiger partial charge >= 0.3 is 5.97 Å². The zero-order chi connectivity index (χ0) is 13.7. The predicted octanol–water partition coefficient (Wildman–Crippen LogP) is 1.87. The standard InChI is InChI=1S/C14H16O5/c1-2-17-13(16)12(15)10-6-3-4-7-11(10)14-18-8-5-9-19-14/h3-4,6-7,14H,2,5,8-9H2,1H3. The van der Waals surface area contributed by atoms with Crippen LogP contribution in [0.4, 0.5) is 0 Å². The molecule has 5 nitrogen and oxygen atoms in total. The number of benzene rings is 1. The Labute approximate surface area is 111 Å². The molecule has 0 spiro atoms. The van der Waals surface area contributed by atoms with Crippen LogP contribution in [-0.4, -0.2) is 31.6 Å². The quantitative estimate of drug-likeness (QED) is 0.472. The number of rotatable bonds is 4. The summed E-state index contributed by atoms with van der Waals surface area (Å²) in [6.45, 7) is 2.98. The van der Waals surface area contributed by atoms with Crippen molar-refractivity contribution in [3.05, 3.63) is 35.4 Å². The number of esters is 1. The monoisotopic (exact) mass is 264 g/mol. The summed E-state index contributed by atoms with van der Waals surface area (Å²) in [6, 6.07) is 6.77. The number of ether oxygens (including phenoxy) is 3. The van der Waals surface area contributed by atoms with Crippen LogP contribution in [0.25, 0.3) is 0 Å². The predicted molar refractivity (Wildman–Crippen MR) is 66.7 cm³/mol. The molecule has 2 rings (SSSR count). The molecule has 1 aromatic rings. The van der Waals surface area contributed by atoms with E-state index >= 15 is 0 Å². The summed E-state index contributed by atoms with van der Waals surface area (Å²) in [5.74, 6) is -1.53. The van der Waals surface area contributed by atoms with Crippen molar-refractivity contribution in [3.63, 3.8) is 0 Å². The van der Waals surface area contributed by atoms with Gasteiger partial charge in [0.15, 0.2) is 6.29 Å².